The minimum absolute atomic E-state index is 0.00291. The van der Waals surface area contributed by atoms with Crippen LogP contribution >= 0.6 is 0 Å². The second kappa shape index (κ2) is 7.03. The van der Waals surface area contributed by atoms with Crippen LogP contribution < -0.4 is 16.4 Å². The van der Waals surface area contributed by atoms with Gasteiger partial charge in [0, 0.05) is 23.5 Å². The number of rotatable bonds is 4. The van der Waals surface area contributed by atoms with Crippen molar-refractivity contribution >= 4 is 17.3 Å². The molecule has 0 saturated heterocycles. The number of nitrogen functional groups attached to an aromatic ring is 1. The minimum atomic E-state index is 0.00291. The molecule has 4 heteroatoms. The fourth-order valence-electron chi connectivity index (χ4n) is 3.19. The molecule has 2 aliphatic carbocycles. The van der Waals surface area contributed by atoms with Gasteiger partial charge in [-0.2, -0.15) is 0 Å². The predicted molar refractivity (Wildman–Crippen MR) is 91.1 cm³/mol. The van der Waals surface area contributed by atoms with Crippen LogP contribution in [0.25, 0.3) is 0 Å². The van der Waals surface area contributed by atoms with Crippen LogP contribution in [0.1, 0.15) is 68.1 Å². The van der Waals surface area contributed by atoms with Crippen molar-refractivity contribution in [2.75, 3.05) is 11.1 Å². The van der Waals surface area contributed by atoms with Crippen molar-refractivity contribution in [2.24, 2.45) is 0 Å². The number of nitrogens with two attached hydrogens (primary N) is 1. The molecule has 0 atom stereocenters. The monoisotopic (exact) mass is 301 g/mol. The van der Waals surface area contributed by atoms with E-state index in [1.54, 1.807) is 6.07 Å². The maximum Gasteiger partial charge on any atom is 0.253 e. The number of hydrogen-bond acceptors (Lipinski definition) is 3. The Labute approximate surface area is 132 Å². The van der Waals surface area contributed by atoms with E-state index in [0.717, 1.165) is 18.5 Å². The van der Waals surface area contributed by atoms with E-state index in [4.69, 9.17) is 5.73 Å². The smallest absolute Gasteiger partial charge is 0.253 e. The fourth-order valence-corrected chi connectivity index (χ4v) is 3.19. The van der Waals surface area contributed by atoms with Gasteiger partial charge in [0.25, 0.3) is 5.91 Å². The lowest BCUT2D eigenvalue weighted by Crippen LogP contribution is -2.28. The maximum atomic E-state index is 12.4. The van der Waals surface area contributed by atoms with Crippen molar-refractivity contribution in [3.63, 3.8) is 0 Å². The number of hydrogen-bond donors (Lipinski definition) is 3. The van der Waals surface area contributed by atoms with Crippen LogP contribution in [0.3, 0.4) is 0 Å². The summed E-state index contributed by atoms with van der Waals surface area (Å²) in [7, 11) is 0. The molecule has 0 radical (unpaired) electrons. The van der Waals surface area contributed by atoms with E-state index >= 15 is 0 Å². The van der Waals surface area contributed by atoms with E-state index in [9.17, 15) is 4.79 Å². The zero-order valence-corrected chi connectivity index (χ0v) is 13.2. The van der Waals surface area contributed by atoms with Gasteiger partial charge in [0.1, 0.15) is 0 Å². The van der Waals surface area contributed by atoms with Crippen molar-refractivity contribution in [2.45, 2.75) is 69.9 Å². The Bertz CT molecular complexity index is 517. The van der Waals surface area contributed by atoms with Gasteiger partial charge in [0.15, 0.2) is 0 Å². The number of benzene rings is 1. The molecule has 1 amide bonds. The third-order valence-corrected chi connectivity index (χ3v) is 4.67. The first-order chi connectivity index (χ1) is 10.7. The first-order valence-electron chi connectivity index (χ1n) is 8.69. The normalized spacial score (nSPS) is 20.0. The van der Waals surface area contributed by atoms with Gasteiger partial charge in [-0.3, -0.25) is 4.79 Å². The molecule has 0 spiro atoms. The third-order valence-electron chi connectivity index (χ3n) is 4.67. The van der Waals surface area contributed by atoms with Crippen molar-refractivity contribution in [3.8, 4) is 0 Å². The standard InChI is InChI=1S/C18H27N3O/c19-13-8-11-17(16(12-13)18(22)21-15-9-10-15)20-14-6-4-2-1-3-5-7-14/h8,11-12,14-15,20H,1-7,9-10,19H2,(H,21,22). The molecule has 120 valence electrons. The van der Waals surface area contributed by atoms with E-state index in [-0.39, 0.29) is 5.91 Å². The SMILES string of the molecule is Nc1ccc(NC2CCCCCCC2)c(C(=O)NC2CC2)c1. The highest BCUT2D eigenvalue weighted by Gasteiger charge is 2.25. The summed E-state index contributed by atoms with van der Waals surface area (Å²) < 4.78 is 0. The summed E-state index contributed by atoms with van der Waals surface area (Å²) in [5, 5.41) is 6.67. The van der Waals surface area contributed by atoms with E-state index in [2.05, 4.69) is 10.6 Å². The highest BCUT2D eigenvalue weighted by molar-refractivity contribution is 6.00. The van der Waals surface area contributed by atoms with Crippen LogP contribution in [0, 0.1) is 0 Å². The average molecular weight is 301 g/mol. The van der Waals surface area contributed by atoms with Gasteiger partial charge in [0.05, 0.1) is 5.56 Å². The summed E-state index contributed by atoms with van der Waals surface area (Å²) in [6.07, 6.45) is 11.1. The Morgan fingerprint density at radius 1 is 0.955 bits per heavy atom. The predicted octanol–water partition coefficient (Wildman–Crippen LogP) is 3.69. The molecule has 3 rings (SSSR count). The van der Waals surface area contributed by atoms with Crippen LogP contribution in [0.15, 0.2) is 18.2 Å². The number of anilines is 2. The molecule has 4 nitrogen and oxygen atoms in total. The number of carbonyl (C=O) groups is 1. The van der Waals surface area contributed by atoms with Gasteiger partial charge in [-0.15, -0.1) is 0 Å². The van der Waals surface area contributed by atoms with Crippen LogP contribution in [0.5, 0.6) is 0 Å². The van der Waals surface area contributed by atoms with Crippen molar-refractivity contribution < 1.29 is 4.79 Å². The quantitative estimate of drug-likeness (QED) is 0.743. The van der Waals surface area contributed by atoms with Gasteiger partial charge in [-0.25, -0.2) is 0 Å². The molecular weight excluding hydrogens is 274 g/mol. The zero-order valence-electron chi connectivity index (χ0n) is 13.2. The highest BCUT2D eigenvalue weighted by atomic mass is 16.1. The molecule has 2 saturated carbocycles. The summed E-state index contributed by atoms with van der Waals surface area (Å²) in [5.74, 6) is 0.00291. The number of nitrogens with one attached hydrogen (secondary N) is 2. The van der Waals surface area contributed by atoms with Gasteiger partial charge in [-0.05, 0) is 43.9 Å². The Hall–Kier alpha value is -1.71. The number of carbonyl (C=O) groups excluding carboxylic acids is 1. The molecule has 0 aromatic heterocycles. The second-order valence-corrected chi connectivity index (χ2v) is 6.74. The molecule has 1 aromatic rings. The lowest BCUT2D eigenvalue weighted by molar-refractivity contribution is 0.0952. The van der Waals surface area contributed by atoms with Gasteiger partial charge in [0.2, 0.25) is 0 Å². The van der Waals surface area contributed by atoms with E-state index < -0.39 is 0 Å². The molecule has 22 heavy (non-hydrogen) atoms. The summed E-state index contributed by atoms with van der Waals surface area (Å²) >= 11 is 0. The van der Waals surface area contributed by atoms with Crippen molar-refractivity contribution in [1.82, 2.24) is 5.32 Å². The average Bonchev–Trinajstić information content (AvgIpc) is 3.27. The summed E-state index contributed by atoms with van der Waals surface area (Å²) in [5.41, 5.74) is 8.14. The third kappa shape index (κ3) is 4.15. The molecular formula is C18H27N3O. The minimum Gasteiger partial charge on any atom is -0.399 e. The molecule has 0 heterocycles. The summed E-state index contributed by atoms with van der Waals surface area (Å²) in [6.45, 7) is 0. The molecule has 4 N–H and O–H groups in total. The first kappa shape index (κ1) is 15.2. The van der Waals surface area contributed by atoms with E-state index in [0.29, 0.717) is 23.3 Å². The molecule has 0 aliphatic heterocycles. The molecule has 2 fully saturated rings. The lowest BCUT2D eigenvalue weighted by Gasteiger charge is -2.23. The largest absolute Gasteiger partial charge is 0.399 e. The highest BCUT2D eigenvalue weighted by Crippen LogP contribution is 2.26. The van der Waals surface area contributed by atoms with Crippen LogP contribution in [-0.2, 0) is 0 Å². The lowest BCUT2D eigenvalue weighted by atomic mass is 9.96. The van der Waals surface area contributed by atoms with Crippen LogP contribution in [-0.4, -0.2) is 18.0 Å². The molecule has 1 aromatic carbocycles. The summed E-state index contributed by atoms with van der Waals surface area (Å²) in [4.78, 5) is 12.4. The zero-order chi connectivity index (χ0) is 15.4. The Balaban J connectivity index is 1.71. The van der Waals surface area contributed by atoms with Crippen LogP contribution in [0.2, 0.25) is 0 Å². The number of amides is 1. The van der Waals surface area contributed by atoms with Gasteiger partial charge in [-0.1, -0.05) is 32.1 Å². The molecule has 0 bridgehead atoms. The topological polar surface area (TPSA) is 67.1 Å². The van der Waals surface area contributed by atoms with E-state index in [1.165, 1.54) is 44.9 Å². The first-order valence-corrected chi connectivity index (χ1v) is 8.69. The Morgan fingerprint density at radius 2 is 1.64 bits per heavy atom. The Morgan fingerprint density at radius 3 is 2.32 bits per heavy atom. The van der Waals surface area contributed by atoms with Crippen molar-refractivity contribution in [3.05, 3.63) is 23.8 Å². The van der Waals surface area contributed by atoms with E-state index in [1.807, 2.05) is 12.1 Å². The van der Waals surface area contributed by atoms with Gasteiger partial charge >= 0.3 is 0 Å². The maximum absolute atomic E-state index is 12.4. The fraction of sp³-hybridized carbons (Fsp3) is 0.611. The van der Waals surface area contributed by atoms with Crippen LogP contribution in [0.4, 0.5) is 11.4 Å². The van der Waals surface area contributed by atoms with Crippen molar-refractivity contribution in [1.29, 1.82) is 0 Å². The van der Waals surface area contributed by atoms with Gasteiger partial charge < -0.3 is 16.4 Å². The molecule has 0 unspecified atom stereocenters. The molecule has 2 aliphatic rings. The second-order valence-electron chi connectivity index (χ2n) is 6.74. The summed E-state index contributed by atoms with van der Waals surface area (Å²) in [6, 6.07) is 6.46. The Kier molecular flexibility index (Phi) is 4.86.